The maximum Gasteiger partial charge on any atom is 0.244 e. The van der Waals surface area contributed by atoms with Crippen LogP contribution >= 0.6 is 11.6 Å². The molecule has 8 heteroatoms. The van der Waals surface area contributed by atoms with E-state index in [0.29, 0.717) is 23.6 Å². The molecule has 1 amide bonds. The second kappa shape index (κ2) is 10.4. The van der Waals surface area contributed by atoms with E-state index in [1.165, 1.54) is 4.31 Å². The SMILES string of the molecule is CC[C@H](NC(=O)[C@@H](CC)N(c1cc(Cl)ccc1C)S(C)(=O)=O)c1ccc(OC)c(C)c1. The van der Waals surface area contributed by atoms with Crippen molar-refractivity contribution in [2.75, 3.05) is 17.7 Å². The number of halogens is 1. The molecule has 0 heterocycles. The van der Waals surface area contributed by atoms with Crippen molar-refractivity contribution in [3.8, 4) is 5.75 Å². The molecule has 0 spiro atoms. The van der Waals surface area contributed by atoms with Gasteiger partial charge >= 0.3 is 0 Å². The molecule has 2 aromatic rings. The van der Waals surface area contributed by atoms with E-state index in [-0.39, 0.29) is 11.9 Å². The van der Waals surface area contributed by atoms with Crippen LogP contribution in [0.2, 0.25) is 5.02 Å². The molecule has 0 bridgehead atoms. The van der Waals surface area contributed by atoms with Gasteiger partial charge in [0.05, 0.1) is 25.1 Å². The van der Waals surface area contributed by atoms with E-state index in [1.54, 1.807) is 39.2 Å². The van der Waals surface area contributed by atoms with Crippen LogP contribution < -0.4 is 14.4 Å². The van der Waals surface area contributed by atoms with Gasteiger partial charge in [-0.15, -0.1) is 0 Å². The number of sulfonamides is 1. The maximum absolute atomic E-state index is 13.3. The fraction of sp³-hybridized carbons (Fsp3) is 0.435. The minimum absolute atomic E-state index is 0.256. The van der Waals surface area contributed by atoms with E-state index < -0.39 is 16.1 Å². The number of carbonyl (C=O) groups is 1. The lowest BCUT2D eigenvalue weighted by Gasteiger charge is -2.32. The van der Waals surface area contributed by atoms with Crippen LogP contribution in [0, 0.1) is 13.8 Å². The van der Waals surface area contributed by atoms with Crippen molar-refractivity contribution < 1.29 is 17.9 Å². The van der Waals surface area contributed by atoms with Gasteiger partial charge in [-0.2, -0.15) is 0 Å². The molecule has 0 fully saturated rings. The van der Waals surface area contributed by atoms with Crippen LogP contribution in [0.5, 0.6) is 5.75 Å². The Morgan fingerprint density at radius 1 is 1.10 bits per heavy atom. The van der Waals surface area contributed by atoms with Crippen LogP contribution in [0.3, 0.4) is 0 Å². The highest BCUT2D eigenvalue weighted by Gasteiger charge is 2.33. The van der Waals surface area contributed by atoms with Gasteiger partial charge in [-0.25, -0.2) is 8.42 Å². The molecular weight excluding hydrogens is 436 g/mol. The van der Waals surface area contributed by atoms with E-state index >= 15 is 0 Å². The standard InChI is InChI=1S/C23H31ClN2O4S/c1-7-19(17-10-12-22(30-5)16(4)13-17)25-23(27)20(8-2)26(31(6,28)29)21-14-18(24)11-9-15(21)3/h9-14,19-20H,7-8H2,1-6H3,(H,25,27)/t19-,20+/m0/s1. The van der Waals surface area contributed by atoms with Gasteiger partial charge in [0.1, 0.15) is 11.8 Å². The van der Waals surface area contributed by atoms with Gasteiger partial charge in [0.2, 0.25) is 15.9 Å². The lowest BCUT2D eigenvalue weighted by molar-refractivity contribution is -0.123. The Bertz CT molecular complexity index is 1040. The molecule has 31 heavy (non-hydrogen) atoms. The molecule has 6 nitrogen and oxygen atoms in total. The number of carbonyl (C=O) groups excluding carboxylic acids is 1. The highest BCUT2D eigenvalue weighted by atomic mass is 35.5. The summed E-state index contributed by atoms with van der Waals surface area (Å²) in [5.41, 5.74) is 3.03. The number of methoxy groups -OCH3 is 1. The van der Waals surface area contributed by atoms with Crippen LogP contribution in [-0.4, -0.2) is 33.7 Å². The quantitative estimate of drug-likeness (QED) is 0.577. The van der Waals surface area contributed by atoms with E-state index in [4.69, 9.17) is 16.3 Å². The van der Waals surface area contributed by atoms with Crippen LogP contribution in [0.15, 0.2) is 36.4 Å². The van der Waals surface area contributed by atoms with Crippen LogP contribution in [0.25, 0.3) is 0 Å². The van der Waals surface area contributed by atoms with Gasteiger partial charge < -0.3 is 10.1 Å². The first kappa shape index (κ1) is 25.0. The predicted molar refractivity (Wildman–Crippen MR) is 126 cm³/mol. The molecule has 0 aliphatic heterocycles. The minimum atomic E-state index is -3.74. The summed E-state index contributed by atoms with van der Waals surface area (Å²) in [5.74, 6) is 0.420. The second-order valence-corrected chi connectivity index (χ2v) is 9.91. The van der Waals surface area contributed by atoms with Crippen molar-refractivity contribution in [3.05, 3.63) is 58.1 Å². The van der Waals surface area contributed by atoms with Gasteiger partial charge in [0, 0.05) is 5.02 Å². The van der Waals surface area contributed by atoms with Crippen LogP contribution in [-0.2, 0) is 14.8 Å². The van der Waals surface area contributed by atoms with E-state index in [2.05, 4.69) is 5.32 Å². The molecule has 0 radical (unpaired) electrons. The fourth-order valence-electron chi connectivity index (χ4n) is 3.66. The molecule has 2 atom stereocenters. The molecule has 2 rings (SSSR count). The average molecular weight is 467 g/mol. The third-order valence-electron chi connectivity index (χ3n) is 5.28. The molecule has 0 aliphatic rings. The van der Waals surface area contributed by atoms with E-state index in [9.17, 15) is 13.2 Å². The summed E-state index contributed by atoms with van der Waals surface area (Å²) < 4.78 is 32.0. The number of aryl methyl sites for hydroxylation is 2. The van der Waals surface area contributed by atoms with Crippen molar-refractivity contribution in [2.45, 2.75) is 52.6 Å². The first-order valence-electron chi connectivity index (χ1n) is 10.2. The number of hydrogen-bond donors (Lipinski definition) is 1. The zero-order chi connectivity index (χ0) is 23.3. The van der Waals surface area contributed by atoms with Gasteiger partial charge in [0.25, 0.3) is 0 Å². The number of anilines is 1. The monoisotopic (exact) mass is 466 g/mol. The molecule has 170 valence electrons. The first-order chi connectivity index (χ1) is 14.5. The molecule has 0 aliphatic carbocycles. The zero-order valence-electron chi connectivity index (χ0n) is 18.9. The maximum atomic E-state index is 13.3. The minimum Gasteiger partial charge on any atom is -0.496 e. The molecule has 0 saturated heterocycles. The lowest BCUT2D eigenvalue weighted by Crippen LogP contribution is -2.50. The summed E-state index contributed by atoms with van der Waals surface area (Å²) in [6.45, 7) is 7.50. The predicted octanol–water partition coefficient (Wildman–Crippen LogP) is 4.78. The molecule has 1 N–H and O–H groups in total. The number of nitrogens with one attached hydrogen (secondary N) is 1. The summed E-state index contributed by atoms with van der Waals surface area (Å²) in [5, 5.41) is 3.44. The lowest BCUT2D eigenvalue weighted by atomic mass is 10.0. The zero-order valence-corrected chi connectivity index (χ0v) is 20.5. The topological polar surface area (TPSA) is 75.7 Å². The Labute approximate surface area is 190 Å². The fourth-order valence-corrected chi connectivity index (χ4v) is 5.09. The summed E-state index contributed by atoms with van der Waals surface area (Å²) >= 11 is 6.13. The highest BCUT2D eigenvalue weighted by molar-refractivity contribution is 7.92. The summed E-state index contributed by atoms with van der Waals surface area (Å²) in [6, 6.07) is 9.62. The third kappa shape index (κ3) is 5.92. The van der Waals surface area contributed by atoms with Crippen LogP contribution in [0.4, 0.5) is 5.69 Å². The molecule has 0 aromatic heterocycles. The Morgan fingerprint density at radius 2 is 1.77 bits per heavy atom. The molecule has 0 unspecified atom stereocenters. The van der Waals surface area contributed by atoms with Gasteiger partial charge in [-0.3, -0.25) is 9.10 Å². The number of benzene rings is 2. The number of ether oxygens (including phenoxy) is 1. The van der Waals surface area contributed by atoms with Crippen LogP contribution in [0.1, 0.15) is 49.4 Å². The Kier molecular flexibility index (Phi) is 8.37. The first-order valence-corrected chi connectivity index (χ1v) is 12.5. The summed E-state index contributed by atoms with van der Waals surface area (Å²) in [7, 11) is -2.12. The molecular formula is C23H31ClN2O4S. The summed E-state index contributed by atoms with van der Waals surface area (Å²) in [6.07, 6.45) is 2.07. The Hall–Kier alpha value is -2.25. The summed E-state index contributed by atoms with van der Waals surface area (Å²) in [4.78, 5) is 13.3. The van der Waals surface area contributed by atoms with Crippen molar-refractivity contribution in [2.24, 2.45) is 0 Å². The van der Waals surface area contributed by atoms with Gasteiger partial charge in [-0.05, 0) is 61.6 Å². The Morgan fingerprint density at radius 3 is 2.29 bits per heavy atom. The number of rotatable bonds is 9. The number of hydrogen-bond acceptors (Lipinski definition) is 4. The van der Waals surface area contributed by atoms with E-state index in [0.717, 1.165) is 28.7 Å². The smallest absolute Gasteiger partial charge is 0.244 e. The average Bonchev–Trinajstić information content (AvgIpc) is 2.71. The number of amides is 1. The van der Waals surface area contributed by atoms with Crippen molar-refractivity contribution in [3.63, 3.8) is 0 Å². The Balaban J connectivity index is 2.41. The van der Waals surface area contributed by atoms with E-state index in [1.807, 2.05) is 32.0 Å². The van der Waals surface area contributed by atoms with Gasteiger partial charge in [-0.1, -0.05) is 43.6 Å². The largest absolute Gasteiger partial charge is 0.496 e. The normalized spacial score (nSPS) is 13.4. The second-order valence-electron chi connectivity index (χ2n) is 7.61. The van der Waals surface area contributed by atoms with Crippen molar-refractivity contribution in [1.29, 1.82) is 0 Å². The molecule has 0 saturated carbocycles. The van der Waals surface area contributed by atoms with Crippen molar-refractivity contribution in [1.82, 2.24) is 5.32 Å². The van der Waals surface area contributed by atoms with Crippen molar-refractivity contribution >= 4 is 33.2 Å². The number of nitrogens with zero attached hydrogens (tertiary/aromatic N) is 1. The third-order valence-corrected chi connectivity index (χ3v) is 6.69. The molecule has 2 aromatic carbocycles. The highest BCUT2D eigenvalue weighted by Crippen LogP contribution is 2.30. The van der Waals surface area contributed by atoms with Gasteiger partial charge in [0.15, 0.2) is 0 Å².